The number of hydrogen-bond donors (Lipinski definition) is 2. The Bertz CT molecular complexity index is 1530. The Labute approximate surface area is 204 Å². The summed E-state index contributed by atoms with van der Waals surface area (Å²) in [7, 11) is 1.41. The summed E-state index contributed by atoms with van der Waals surface area (Å²) in [5, 5.41) is 21.6. The lowest BCUT2D eigenvalue weighted by Crippen LogP contribution is -2.29. The molecule has 9 heteroatoms. The second-order valence-electron chi connectivity index (χ2n) is 8.26. The maximum Gasteiger partial charge on any atom is 0.301 e. The minimum absolute atomic E-state index is 0.0823. The molecule has 1 aliphatic rings. The van der Waals surface area contributed by atoms with Crippen LogP contribution in [0.5, 0.6) is 11.5 Å². The van der Waals surface area contributed by atoms with Crippen LogP contribution in [0, 0.1) is 13.8 Å². The van der Waals surface area contributed by atoms with Crippen LogP contribution in [0.15, 0.2) is 60.4 Å². The molecule has 3 heterocycles. The standard InChI is InChI=1S/C26H21N3O5S/c1-13-10-14(2)21-19(11-13)35-26(28-21)29-22(16-4-5-17(30)18(12-16)34-3)20(24(32)25(29)33)23(31)15-6-8-27-9-7-15/h4-12,22,30-31H,1-3H3/b23-20+. The predicted molar refractivity (Wildman–Crippen MR) is 133 cm³/mol. The molecule has 35 heavy (non-hydrogen) atoms. The van der Waals surface area contributed by atoms with E-state index < -0.39 is 17.7 Å². The number of methoxy groups -OCH3 is 1. The first-order valence-corrected chi connectivity index (χ1v) is 11.6. The Balaban J connectivity index is 1.77. The van der Waals surface area contributed by atoms with Crippen LogP contribution in [0.1, 0.15) is 28.3 Å². The van der Waals surface area contributed by atoms with Crippen molar-refractivity contribution in [2.45, 2.75) is 19.9 Å². The van der Waals surface area contributed by atoms with Gasteiger partial charge in [-0.15, -0.1) is 0 Å². The maximum atomic E-state index is 13.4. The normalized spacial score (nSPS) is 17.3. The Hall–Kier alpha value is -4.24. The third-order valence-electron chi connectivity index (χ3n) is 5.94. The number of fused-ring (bicyclic) bond motifs is 1. The lowest BCUT2D eigenvalue weighted by molar-refractivity contribution is -0.132. The van der Waals surface area contributed by atoms with Gasteiger partial charge in [-0.3, -0.25) is 19.5 Å². The van der Waals surface area contributed by atoms with E-state index in [9.17, 15) is 19.8 Å². The van der Waals surface area contributed by atoms with Gasteiger partial charge in [0.15, 0.2) is 16.6 Å². The molecule has 1 unspecified atom stereocenters. The van der Waals surface area contributed by atoms with Crippen LogP contribution in [-0.2, 0) is 9.59 Å². The van der Waals surface area contributed by atoms with Crippen molar-refractivity contribution in [1.82, 2.24) is 9.97 Å². The van der Waals surface area contributed by atoms with Crippen LogP contribution >= 0.6 is 11.3 Å². The fraction of sp³-hybridized carbons (Fsp3) is 0.154. The minimum atomic E-state index is -0.986. The van der Waals surface area contributed by atoms with E-state index in [1.807, 2.05) is 26.0 Å². The fourth-order valence-electron chi connectivity index (χ4n) is 4.34. The number of aromatic nitrogens is 2. The molecule has 1 atom stereocenters. The van der Waals surface area contributed by atoms with Crippen molar-refractivity contribution in [1.29, 1.82) is 0 Å². The first-order chi connectivity index (χ1) is 16.8. The number of phenolic OH excluding ortho intramolecular Hbond substituents is 1. The molecule has 0 bridgehead atoms. The van der Waals surface area contributed by atoms with Gasteiger partial charge in [0, 0.05) is 18.0 Å². The Kier molecular flexibility index (Phi) is 5.49. The van der Waals surface area contributed by atoms with Crippen molar-refractivity contribution in [2.24, 2.45) is 0 Å². The Morgan fingerprint density at radius 2 is 1.83 bits per heavy atom. The number of aryl methyl sites for hydroxylation is 2. The summed E-state index contributed by atoms with van der Waals surface area (Å²) in [4.78, 5) is 36.7. The molecule has 2 aromatic carbocycles. The van der Waals surface area contributed by atoms with Gasteiger partial charge in [-0.05, 0) is 60.9 Å². The molecule has 2 aromatic heterocycles. The zero-order chi connectivity index (χ0) is 24.9. The number of ether oxygens (including phenoxy) is 1. The average Bonchev–Trinajstić information content (AvgIpc) is 3.38. The number of benzene rings is 2. The number of hydrogen-bond acceptors (Lipinski definition) is 8. The summed E-state index contributed by atoms with van der Waals surface area (Å²) in [5.41, 5.74) is 3.50. The number of amides is 1. The molecular weight excluding hydrogens is 466 g/mol. The molecule has 5 rings (SSSR count). The van der Waals surface area contributed by atoms with Crippen LogP contribution in [0.2, 0.25) is 0 Å². The summed E-state index contributed by atoms with van der Waals surface area (Å²) < 4.78 is 6.14. The highest BCUT2D eigenvalue weighted by Crippen LogP contribution is 2.46. The molecule has 176 valence electrons. The topological polar surface area (TPSA) is 113 Å². The number of ketones is 1. The number of anilines is 1. The fourth-order valence-corrected chi connectivity index (χ4v) is 5.51. The van der Waals surface area contributed by atoms with Crippen molar-refractivity contribution in [3.05, 3.63) is 82.7 Å². The molecule has 0 saturated carbocycles. The van der Waals surface area contributed by atoms with E-state index in [2.05, 4.69) is 4.98 Å². The van der Waals surface area contributed by atoms with Gasteiger partial charge in [0.2, 0.25) is 0 Å². The zero-order valence-corrected chi connectivity index (χ0v) is 20.0. The summed E-state index contributed by atoms with van der Waals surface area (Å²) >= 11 is 1.30. The SMILES string of the molecule is COc1cc(C2/C(=C(\O)c3ccncc3)C(=O)C(=O)N2c2nc3c(C)cc(C)cc3s2)ccc1O. The van der Waals surface area contributed by atoms with Gasteiger partial charge in [-0.25, -0.2) is 4.98 Å². The van der Waals surface area contributed by atoms with E-state index in [1.165, 1.54) is 41.8 Å². The largest absolute Gasteiger partial charge is 0.507 e. The number of aliphatic hydroxyl groups excluding tert-OH is 1. The van der Waals surface area contributed by atoms with Gasteiger partial charge in [-0.1, -0.05) is 23.5 Å². The van der Waals surface area contributed by atoms with Crippen LogP contribution in [0.4, 0.5) is 5.13 Å². The van der Waals surface area contributed by atoms with Gasteiger partial charge in [0.05, 0.1) is 28.9 Å². The number of aromatic hydroxyl groups is 1. The first-order valence-electron chi connectivity index (χ1n) is 10.8. The number of pyridine rings is 1. The number of carbonyl (C=O) groups excluding carboxylic acids is 2. The van der Waals surface area contributed by atoms with Crippen molar-refractivity contribution in [3.63, 3.8) is 0 Å². The van der Waals surface area contributed by atoms with Crippen LogP contribution in [-0.4, -0.2) is 39.0 Å². The molecular formula is C26H21N3O5S. The lowest BCUT2D eigenvalue weighted by Gasteiger charge is -2.23. The molecule has 2 N–H and O–H groups in total. The third kappa shape index (κ3) is 3.70. The number of Topliss-reactive ketones (excluding diaryl/α,β-unsaturated/α-hetero) is 1. The molecule has 0 aliphatic carbocycles. The summed E-state index contributed by atoms with van der Waals surface area (Å²) in [6.45, 7) is 3.92. The molecule has 1 amide bonds. The molecule has 1 saturated heterocycles. The molecule has 4 aromatic rings. The average molecular weight is 488 g/mol. The van der Waals surface area contributed by atoms with Gasteiger partial charge in [0.25, 0.3) is 5.78 Å². The quantitative estimate of drug-likeness (QED) is 0.245. The second-order valence-corrected chi connectivity index (χ2v) is 9.27. The van der Waals surface area contributed by atoms with Gasteiger partial charge in [-0.2, -0.15) is 0 Å². The van der Waals surface area contributed by atoms with E-state index in [0.29, 0.717) is 16.3 Å². The van der Waals surface area contributed by atoms with Crippen LogP contribution in [0.25, 0.3) is 16.0 Å². The number of carbonyl (C=O) groups is 2. The minimum Gasteiger partial charge on any atom is -0.507 e. The third-order valence-corrected chi connectivity index (χ3v) is 6.94. The molecule has 1 aliphatic heterocycles. The summed E-state index contributed by atoms with van der Waals surface area (Å²) in [6, 6.07) is 10.7. The van der Waals surface area contributed by atoms with E-state index in [-0.39, 0.29) is 22.8 Å². The second kappa shape index (κ2) is 8.52. The predicted octanol–water partition coefficient (Wildman–Crippen LogP) is 4.65. The van der Waals surface area contributed by atoms with E-state index in [1.54, 1.807) is 24.3 Å². The molecule has 1 fully saturated rings. The smallest absolute Gasteiger partial charge is 0.301 e. The highest BCUT2D eigenvalue weighted by Gasteiger charge is 2.48. The van der Waals surface area contributed by atoms with E-state index >= 15 is 0 Å². The monoisotopic (exact) mass is 487 g/mol. The van der Waals surface area contributed by atoms with Crippen molar-refractivity contribution in [3.8, 4) is 11.5 Å². The van der Waals surface area contributed by atoms with E-state index in [4.69, 9.17) is 9.72 Å². The van der Waals surface area contributed by atoms with Gasteiger partial charge in [0.1, 0.15) is 5.76 Å². The Morgan fingerprint density at radius 1 is 1.09 bits per heavy atom. The lowest BCUT2D eigenvalue weighted by atomic mass is 9.95. The number of nitrogens with zero attached hydrogens (tertiary/aromatic N) is 3. The van der Waals surface area contributed by atoms with Crippen molar-refractivity contribution < 1.29 is 24.5 Å². The van der Waals surface area contributed by atoms with Crippen LogP contribution < -0.4 is 9.64 Å². The highest BCUT2D eigenvalue weighted by molar-refractivity contribution is 7.22. The molecule has 8 nitrogen and oxygen atoms in total. The van der Waals surface area contributed by atoms with E-state index in [0.717, 1.165) is 21.3 Å². The summed E-state index contributed by atoms with van der Waals surface area (Å²) in [5.74, 6) is -1.87. The molecule has 0 radical (unpaired) electrons. The first kappa shape index (κ1) is 22.5. The van der Waals surface area contributed by atoms with Crippen molar-refractivity contribution >= 4 is 44.1 Å². The van der Waals surface area contributed by atoms with Crippen LogP contribution in [0.3, 0.4) is 0 Å². The maximum absolute atomic E-state index is 13.4. The van der Waals surface area contributed by atoms with Gasteiger partial charge >= 0.3 is 5.91 Å². The highest BCUT2D eigenvalue weighted by atomic mass is 32.1. The summed E-state index contributed by atoms with van der Waals surface area (Å²) in [6.07, 6.45) is 2.98. The van der Waals surface area contributed by atoms with Crippen molar-refractivity contribution in [2.75, 3.05) is 12.0 Å². The zero-order valence-electron chi connectivity index (χ0n) is 19.1. The molecule has 0 spiro atoms. The number of aliphatic hydroxyl groups is 1. The Morgan fingerprint density at radius 3 is 2.54 bits per heavy atom. The number of phenols is 1. The number of rotatable bonds is 4. The van der Waals surface area contributed by atoms with Gasteiger partial charge < -0.3 is 14.9 Å². The number of thiazole rings is 1.